The number of aromatic nitrogens is 2. The van der Waals surface area contributed by atoms with E-state index < -0.39 is 23.2 Å². The number of carbonyl (C=O) groups is 1. The number of benzene rings is 1. The van der Waals surface area contributed by atoms with Crippen molar-refractivity contribution in [2.24, 2.45) is 0 Å². The quantitative estimate of drug-likeness (QED) is 0.325. The van der Waals surface area contributed by atoms with Crippen molar-refractivity contribution in [2.75, 3.05) is 6.54 Å². The standard InChI is InChI=1S/C25H24BrClF3N3O2/c1-15(21-9-8-19(27)13-31-21)20(16-5-4-6-18(26)11-16)14-33-23(34)24(2,3)35-22-10-7-17(12-32-22)25(28,29)30/h4-13,15,20H,14H2,1-3H3,(H,33,34). The first-order valence-electron chi connectivity index (χ1n) is 10.7. The van der Waals surface area contributed by atoms with E-state index in [1.165, 1.54) is 13.8 Å². The van der Waals surface area contributed by atoms with Crippen LogP contribution in [0.4, 0.5) is 13.2 Å². The Labute approximate surface area is 215 Å². The van der Waals surface area contributed by atoms with Crippen molar-refractivity contribution in [3.8, 4) is 5.88 Å². The molecule has 2 heterocycles. The third-order valence-corrected chi connectivity index (χ3v) is 6.27. The molecule has 1 amide bonds. The van der Waals surface area contributed by atoms with Crippen LogP contribution < -0.4 is 10.1 Å². The number of rotatable bonds is 8. The Morgan fingerprint density at radius 2 is 1.86 bits per heavy atom. The molecule has 0 aliphatic heterocycles. The lowest BCUT2D eigenvalue weighted by Gasteiger charge is -2.28. The van der Waals surface area contributed by atoms with Gasteiger partial charge in [0.25, 0.3) is 5.91 Å². The van der Waals surface area contributed by atoms with Gasteiger partial charge >= 0.3 is 6.18 Å². The van der Waals surface area contributed by atoms with E-state index >= 15 is 0 Å². The SMILES string of the molecule is CC(c1ccc(Cl)cn1)C(CNC(=O)C(C)(C)Oc1ccc(C(F)(F)F)cn1)c1cccc(Br)c1. The summed E-state index contributed by atoms with van der Waals surface area (Å²) in [5.74, 6) is -0.719. The molecule has 0 saturated heterocycles. The third kappa shape index (κ3) is 7.18. The Kier molecular flexibility index (Phi) is 8.43. The van der Waals surface area contributed by atoms with Crippen LogP contribution in [-0.2, 0) is 11.0 Å². The number of alkyl halides is 3. The highest BCUT2D eigenvalue weighted by atomic mass is 79.9. The predicted octanol–water partition coefficient (Wildman–Crippen LogP) is 6.77. The Morgan fingerprint density at radius 1 is 1.11 bits per heavy atom. The first kappa shape index (κ1) is 26.9. The minimum Gasteiger partial charge on any atom is -0.462 e. The number of carbonyl (C=O) groups excluding carboxylic acids is 1. The van der Waals surface area contributed by atoms with Crippen molar-refractivity contribution in [1.82, 2.24) is 15.3 Å². The highest BCUT2D eigenvalue weighted by molar-refractivity contribution is 9.10. The number of ether oxygens (including phenoxy) is 1. The van der Waals surface area contributed by atoms with Crippen LogP contribution in [0.1, 0.15) is 49.4 Å². The van der Waals surface area contributed by atoms with Crippen LogP contribution in [0.15, 0.2) is 65.4 Å². The maximum atomic E-state index is 13.0. The van der Waals surface area contributed by atoms with E-state index in [-0.39, 0.29) is 24.3 Å². The predicted molar refractivity (Wildman–Crippen MR) is 132 cm³/mol. The lowest BCUT2D eigenvalue weighted by atomic mass is 9.84. The summed E-state index contributed by atoms with van der Waals surface area (Å²) >= 11 is 9.48. The average molecular weight is 571 g/mol. The van der Waals surface area contributed by atoms with E-state index in [0.717, 1.165) is 27.9 Å². The Balaban J connectivity index is 1.75. The molecule has 186 valence electrons. The number of hydrogen-bond donors (Lipinski definition) is 1. The highest BCUT2D eigenvalue weighted by Gasteiger charge is 2.34. The van der Waals surface area contributed by atoms with Gasteiger partial charge in [-0.25, -0.2) is 4.98 Å². The van der Waals surface area contributed by atoms with Crippen molar-refractivity contribution in [2.45, 2.75) is 44.4 Å². The summed E-state index contributed by atoms with van der Waals surface area (Å²) in [4.78, 5) is 21.1. The van der Waals surface area contributed by atoms with E-state index in [4.69, 9.17) is 16.3 Å². The van der Waals surface area contributed by atoms with E-state index in [2.05, 4.69) is 31.2 Å². The van der Waals surface area contributed by atoms with Gasteiger partial charge in [-0.1, -0.05) is 46.6 Å². The van der Waals surface area contributed by atoms with Crippen LogP contribution in [0.3, 0.4) is 0 Å². The molecule has 3 aromatic rings. The Hall–Kier alpha value is -2.65. The van der Waals surface area contributed by atoms with Gasteiger partial charge in [0.05, 0.1) is 10.6 Å². The van der Waals surface area contributed by atoms with Gasteiger partial charge in [-0.15, -0.1) is 0 Å². The molecule has 0 aliphatic carbocycles. The summed E-state index contributed by atoms with van der Waals surface area (Å²) in [6.07, 6.45) is -2.25. The highest BCUT2D eigenvalue weighted by Crippen LogP contribution is 2.33. The van der Waals surface area contributed by atoms with Crippen LogP contribution >= 0.6 is 27.5 Å². The summed E-state index contributed by atoms with van der Waals surface area (Å²) in [5.41, 5.74) is -0.463. The molecule has 0 radical (unpaired) electrons. The molecule has 0 spiro atoms. The number of halogens is 5. The fraction of sp³-hybridized carbons (Fsp3) is 0.320. The first-order valence-corrected chi connectivity index (χ1v) is 11.9. The molecular weight excluding hydrogens is 547 g/mol. The number of pyridine rings is 2. The van der Waals surface area contributed by atoms with Gasteiger partial charge in [0, 0.05) is 47.0 Å². The van der Waals surface area contributed by atoms with Crippen LogP contribution in [0.2, 0.25) is 5.02 Å². The molecule has 0 fully saturated rings. The van der Waals surface area contributed by atoms with Gasteiger partial charge < -0.3 is 10.1 Å². The summed E-state index contributed by atoms with van der Waals surface area (Å²) < 4.78 is 44.9. The molecule has 0 saturated carbocycles. The topological polar surface area (TPSA) is 64.1 Å². The van der Waals surface area contributed by atoms with E-state index in [0.29, 0.717) is 11.2 Å². The second-order valence-electron chi connectivity index (χ2n) is 8.56. The Bertz CT molecular complexity index is 1160. The molecule has 1 aromatic carbocycles. The zero-order chi connectivity index (χ0) is 25.8. The number of amides is 1. The molecule has 5 nitrogen and oxygen atoms in total. The van der Waals surface area contributed by atoms with Gasteiger partial charge in [-0.3, -0.25) is 9.78 Å². The normalized spacial score (nSPS) is 13.7. The van der Waals surface area contributed by atoms with Crippen molar-refractivity contribution >= 4 is 33.4 Å². The smallest absolute Gasteiger partial charge is 0.417 e. The fourth-order valence-electron chi connectivity index (χ4n) is 3.51. The molecule has 2 unspecified atom stereocenters. The van der Waals surface area contributed by atoms with Crippen LogP contribution in [0.5, 0.6) is 5.88 Å². The molecule has 0 bridgehead atoms. The summed E-state index contributed by atoms with van der Waals surface area (Å²) in [6.45, 7) is 5.34. The van der Waals surface area contributed by atoms with Gasteiger partial charge in [-0.2, -0.15) is 13.2 Å². The van der Waals surface area contributed by atoms with Gasteiger partial charge in [0.15, 0.2) is 5.60 Å². The number of hydrogen-bond acceptors (Lipinski definition) is 4. The Morgan fingerprint density at radius 3 is 2.43 bits per heavy atom. The van der Waals surface area contributed by atoms with E-state index in [1.807, 2.05) is 37.3 Å². The number of nitrogens with one attached hydrogen (secondary N) is 1. The minimum atomic E-state index is -4.50. The molecule has 2 atom stereocenters. The molecule has 10 heteroatoms. The first-order chi connectivity index (χ1) is 16.4. The molecule has 3 rings (SSSR count). The minimum absolute atomic E-state index is 0.0672. The largest absolute Gasteiger partial charge is 0.462 e. The van der Waals surface area contributed by atoms with Crippen molar-refractivity contribution in [3.63, 3.8) is 0 Å². The van der Waals surface area contributed by atoms with E-state index in [9.17, 15) is 18.0 Å². The zero-order valence-electron chi connectivity index (χ0n) is 19.2. The molecule has 35 heavy (non-hydrogen) atoms. The lowest BCUT2D eigenvalue weighted by molar-refractivity contribution is -0.138. The lowest BCUT2D eigenvalue weighted by Crippen LogP contribution is -2.48. The van der Waals surface area contributed by atoms with Crippen molar-refractivity contribution in [1.29, 1.82) is 0 Å². The summed E-state index contributed by atoms with van der Waals surface area (Å²) in [5, 5.41) is 3.45. The van der Waals surface area contributed by atoms with Crippen LogP contribution in [0.25, 0.3) is 0 Å². The maximum Gasteiger partial charge on any atom is 0.417 e. The van der Waals surface area contributed by atoms with Gasteiger partial charge in [0.1, 0.15) is 0 Å². The third-order valence-electron chi connectivity index (χ3n) is 5.55. The van der Waals surface area contributed by atoms with Crippen LogP contribution in [-0.4, -0.2) is 28.0 Å². The van der Waals surface area contributed by atoms with Gasteiger partial charge in [0.2, 0.25) is 5.88 Å². The number of nitrogens with zero attached hydrogens (tertiary/aromatic N) is 2. The van der Waals surface area contributed by atoms with Crippen LogP contribution in [0, 0.1) is 0 Å². The fourth-order valence-corrected chi connectivity index (χ4v) is 4.04. The van der Waals surface area contributed by atoms with Gasteiger partial charge in [-0.05, 0) is 49.7 Å². The summed E-state index contributed by atoms with van der Waals surface area (Å²) in [7, 11) is 0. The van der Waals surface area contributed by atoms with E-state index in [1.54, 1.807) is 12.3 Å². The molecular formula is C25H24BrClF3N3O2. The van der Waals surface area contributed by atoms with Crippen molar-refractivity contribution < 1.29 is 22.7 Å². The second-order valence-corrected chi connectivity index (χ2v) is 9.91. The zero-order valence-corrected chi connectivity index (χ0v) is 21.6. The van der Waals surface area contributed by atoms with Crippen molar-refractivity contribution in [3.05, 3.63) is 87.2 Å². The molecule has 0 aliphatic rings. The monoisotopic (exact) mass is 569 g/mol. The maximum absolute atomic E-state index is 13.0. The molecule has 1 N–H and O–H groups in total. The second kappa shape index (κ2) is 11.0. The average Bonchev–Trinajstić information content (AvgIpc) is 2.79. The summed E-state index contributed by atoms with van der Waals surface area (Å²) in [6, 6.07) is 13.4. The molecule has 2 aromatic heterocycles.